The number of aryl methyl sites for hydroxylation is 2. The van der Waals surface area contributed by atoms with Crippen LogP contribution in [-0.2, 0) is 24.5 Å². The van der Waals surface area contributed by atoms with E-state index in [4.69, 9.17) is 35.1 Å². The van der Waals surface area contributed by atoms with Gasteiger partial charge in [-0.05, 0) is 44.2 Å². The zero-order valence-electron chi connectivity index (χ0n) is 15.8. The zero-order valence-corrected chi connectivity index (χ0v) is 19.3. The Balaban J connectivity index is 0.000000516. The minimum atomic E-state index is -1.62. The molecule has 0 aliphatic heterocycles. The monoisotopic (exact) mass is 476 g/mol. The fourth-order valence-electron chi connectivity index (χ4n) is 3.17. The van der Waals surface area contributed by atoms with Crippen LogP contribution in [-0.4, -0.2) is 31.9 Å². The Labute approximate surface area is 181 Å². The van der Waals surface area contributed by atoms with Crippen LogP contribution in [0.15, 0.2) is 36.4 Å². The number of rotatable bonds is 4. The third-order valence-corrected chi connectivity index (χ3v) is 4.38. The summed E-state index contributed by atoms with van der Waals surface area (Å²) in [4.78, 5) is 18.5. The summed E-state index contributed by atoms with van der Waals surface area (Å²) in [5, 5.41) is 0. The summed E-state index contributed by atoms with van der Waals surface area (Å²) in [5.74, 6) is 1.96. The SMILES string of the molecule is Cc1cccc2[nH]c(CN(C)Cc3nc4cccc(C)c4[nH]3)nc12.[Cl][Cr+]([Cl])[Cl]. The summed E-state index contributed by atoms with van der Waals surface area (Å²) in [6, 6.07) is 12.4. The number of nitrogens with zero attached hydrogens (tertiary/aromatic N) is 3. The molecule has 148 valence electrons. The molecule has 0 bridgehead atoms. The molecule has 2 aromatic carbocycles. The first kappa shape index (κ1) is 21.5. The summed E-state index contributed by atoms with van der Waals surface area (Å²) < 4.78 is 0. The van der Waals surface area contributed by atoms with E-state index >= 15 is 0 Å². The molecule has 9 heteroatoms. The molecule has 4 rings (SSSR count). The second-order valence-corrected chi connectivity index (χ2v) is 13.0. The van der Waals surface area contributed by atoms with Crippen LogP contribution in [0.1, 0.15) is 22.8 Å². The van der Waals surface area contributed by atoms with Crippen molar-refractivity contribution in [2.24, 2.45) is 0 Å². The zero-order chi connectivity index (χ0) is 20.3. The van der Waals surface area contributed by atoms with Crippen LogP contribution in [0, 0.1) is 13.8 Å². The molecule has 2 aromatic heterocycles. The minimum absolute atomic E-state index is 0.754. The Hall–Kier alpha value is -1.26. The van der Waals surface area contributed by atoms with Crippen LogP contribution in [0.25, 0.3) is 22.1 Å². The number of aromatic amines is 2. The van der Waals surface area contributed by atoms with Gasteiger partial charge in [0.25, 0.3) is 0 Å². The van der Waals surface area contributed by atoms with E-state index in [2.05, 4.69) is 65.0 Å². The van der Waals surface area contributed by atoms with Crippen molar-refractivity contribution in [3.8, 4) is 0 Å². The predicted octanol–water partition coefficient (Wildman–Crippen LogP) is 5.75. The van der Waals surface area contributed by atoms with Gasteiger partial charge in [0, 0.05) is 0 Å². The molecule has 0 radical (unpaired) electrons. The molecule has 5 nitrogen and oxygen atoms in total. The number of nitrogens with one attached hydrogen (secondary N) is 2. The molecule has 0 aliphatic carbocycles. The van der Waals surface area contributed by atoms with Crippen molar-refractivity contribution in [2.75, 3.05) is 7.05 Å². The van der Waals surface area contributed by atoms with Gasteiger partial charge in [-0.15, -0.1) is 0 Å². The van der Waals surface area contributed by atoms with Gasteiger partial charge in [0.15, 0.2) is 0 Å². The topological polar surface area (TPSA) is 60.6 Å². The van der Waals surface area contributed by atoms with Crippen molar-refractivity contribution in [3.05, 3.63) is 59.2 Å². The fourth-order valence-corrected chi connectivity index (χ4v) is 3.17. The Bertz CT molecular complexity index is 991. The van der Waals surface area contributed by atoms with Crippen molar-refractivity contribution >= 4 is 52.2 Å². The van der Waals surface area contributed by atoms with E-state index in [0.717, 1.165) is 46.8 Å². The summed E-state index contributed by atoms with van der Waals surface area (Å²) in [7, 11) is 16.9. The Kier molecular flexibility index (Phi) is 7.27. The van der Waals surface area contributed by atoms with Crippen LogP contribution >= 0.6 is 30.1 Å². The van der Waals surface area contributed by atoms with Crippen molar-refractivity contribution in [1.82, 2.24) is 24.8 Å². The fraction of sp³-hybridized carbons (Fsp3) is 0.263. The molecule has 4 aromatic rings. The van der Waals surface area contributed by atoms with Crippen LogP contribution in [0.5, 0.6) is 0 Å². The predicted molar refractivity (Wildman–Crippen MR) is 114 cm³/mol. The number of H-pyrrole nitrogens is 2. The van der Waals surface area contributed by atoms with Gasteiger partial charge < -0.3 is 9.97 Å². The first-order valence-electron chi connectivity index (χ1n) is 8.63. The molecule has 2 heterocycles. The van der Waals surface area contributed by atoms with Crippen LogP contribution in [0.3, 0.4) is 0 Å². The second kappa shape index (κ2) is 9.49. The van der Waals surface area contributed by atoms with E-state index in [1.165, 1.54) is 11.1 Å². The van der Waals surface area contributed by atoms with Crippen molar-refractivity contribution in [1.29, 1.82) is 0 Å². The average Bonchev–Trinajstić information content (AvgIpc) is 3.19. The normalized spacial score (nSPS) is 11.4. The molecule has 28 heavy (non-hydrogen) atoms. The molecule has 0 aliphatic rings. The third-order valence-electron chi connectivity index (χ3n) is 4.38. The number of hydrogen-bond donors (Lipinski definition) is 2. The molecule has 0 atom stereocenters. The molecule has 0 spiro atoms. The molecule has 0 saturated carbocycles. The van der Waals surface area contributed by atoms with E-state index in [1.54, 1.807) is 0 Å². The van der Waals surface area contributed by atoms with E-state index in [0.29, 0.717) is 0 Å². The Morgan fingerprint density at radius 3 is 2.14 bits per heavy atom. The van der Waals surface area contributed by atoms with Crippen molar-refractivity contribution in [2.45, 2.75) is 26.9 Å². The Morgan fingerprint density at radius 2 is 1.50 bits per heavy atom. The van der Waals surface area contributed by atoms with Gasteiger partial charge >= 0.3 is 41.5 Å². The molecule has 0 unspecified atom stereocenters. The summed E-state index contributed by atoms with van der Waals surface area (Å²) in [5.41, 5.74) is 6.73. The number of fused-ring (bicyclic) bond motifs is 2. The first-order chi connectivity index (χ1) is 13.3. The van der Waals surface area contributed by atoms with Crippen LogP contribution < -0.4 is 0 Å². The molecular weight excluding hydrogens is 457 g/mol. The van der Waals surface area contributed by atoms with Gasteiger partial charge in [-0.1, -0.05) is 24.3 Å². The number of para-hydroxylation sites is 2. The number of hydrogen-bond acceptors (Lipinski definition) is 3. The van der Waals surface area contributed by atoms with Gasteiger partial charge in [-0.2, -0.15) is 0 Å². The summed E-state index contributed by atoms with van der Waals surface area (Å²) in [6.45, 7) is 5.70. The summed E-state index contributed by atoms with van der Waals surface area (Å²) >= 11 is -1.62. The van der Waals surface area contributed by atoms with Gasteiger partial charge in [0.05, 0.1) is 35.2 Å². The maximum atomic E-state index is 4.93. The van der Waals surface area contributed by atoms with E-state index in [9.17, 15) is 0 Å². The van der Waals surface area contributed by atoms with Gasteiger partial charge in [0.2, 0.25) is 0 Å². The molecule has 0 fully saturated rings. The van der Waals surface area contributed by atoms with Gasteiger partial charge in [0.1, 0.15) is 11.6 Å². The molecule has 0 amide bonds. The summed E-state index contributed by atoms with van der Waals surface area (Å²) in [6.07, 6.45) is 0. The van der Waals surface area contributed by atoms with E-state index in [-0.39, 0.29) is 0 Å². The standard InChI is InChI=1S/C19H21N5.3ClH.Cr/c1-12-6-4-8-14-18(12)22-16(20-14)10-24(3)11-17-21-15-9-5-7-13(2)19(15)23-17;;;;/h4-9H,10-11H2,1-3H3,(H,20,22)(H,21,23);3*1H;/q;;;;+4/p-3. The first-order valence-corrected chi connectivity index (χ1v) is 13.9. The molecular formula is C19H21Cl3CrN5+. The van der Waals surface area contributed by atoms with Gasteiger partial charge in [-0.3, -0.25) is 4.90 Å². The quantitative estimate of drug-likeness (QED) is 0.393. The molecule has 2 N–H and O–H groups in total. The van der Waals surface area contributed by atoms with Crippen LogP contribution in [0.2, 0.25) is 0 Å². The maximum absolute atomic E-state index is 4.93. The van der Waals surface area contributed by atoms with Crippen molar-refractivity contribution in [3.63, 3.8) is 0 Å². The Morgan fingerprint density at radius 1 is 0.893 bits per heavy atom. The van der Waals surface area contributed by atoms with Crippen molar-refractivity contribution < 1.29 is 11.4 Å². The number of aromatic nitrogens is 4. The van der Waals surface area contributed by atoms with E-state index in [1.807, 2.05) is 12.1 Å². The average molecular weight is 478 g/mol. The second-order valence-electron chi connectivity index (χ2n) is 6.65. The number of halogens is 3. The van der Waals surface area contributed by atoms with E-state index < -0.39 is 11.4 Å². The van der Waals surface area contributed by atoms with Crippen LogP contribution in [0.4, 0.5) is 0 Å². The number of benzene rings is 2. The van der Waals surface area contributed by atoms with Gasteiger partial charge in [-0.25, -0.2) is 9.97 Å². The number of imidazole rings is 2. The third kappa shape index (κ3) is 5.42. The molecule has 0 saturated heterocycles.